The fraction of sp³-hybridized carbons (Fsp3) is 0.261. The van der Waals surface area contributed by atoms with Gasteiger partial charge in [-0.25, -0.2) is 9.97 Å². The Morgan fingerprint density at radius 2 is 1.97 bits per heavy atom. The summed E-state index contributed by atoms with van der Waals surface area (Å²) in [6.07, 6.45) is 4.39. The Morgan fingerprint density at radius 1 is 1.21 bits per heavy atom. The van der Waals surface area contributed by atoms with Crippen LogP contribution in [0, 0.1) is 0 Å². The molecule has 5 nitrogen and oxygen atoms in total. The Labute approximate surface area is 175 Å². The number of hydrogen-bond acceptors (Lipinski definition) is 5. The first-order chi connectivity index (χ1) is 14.2. The lowest BCUT2D eigenvalue weighted by molar-refractivity contribution is -0.104. The van der Waals surface area contributed by atoms with Crippen molar-refractivity contribution >= 4 is 34.6 Å². The number of nitrogens with zero attached hydrogens (tertiary/aromatic N) is 3. The second kappa shape index (κ2) is 8.72. The molecule has 6 heteroatoms. The number of carbonyl (C=O) groups excluding carboxylic acids is 1. The highest BCUT2D eigenvalue weighted by atomic mass is 35.5. The van der Waals surface area contributed by atoms with E-state index in [4.69, 9.17) is 11.6 Å². The van der Waals surface area contributed by atoms with Gasteiger partial charge in [-0.15, -0.1) is 0 Å². The molecule has 1 aliphatic rings. The molecule has 0 radical (unpaired) electrons. The molecule has 0 saturated carbocycles. The number of nitrogens with one attached hydrogen (secondary N) is 1. The third-order valence-corrected chi connectivity index (χ3v) is 5.68. The van der Waals surface area contributed by atoms with E-state index in [0.29, 0.717) is 23.2 Å². The average Bonchev–Trinajstić information content (AvgIpc) is 2.77. The van der Waals surface area contributed by atoms with Crippen molar-refractivity contribution in [2.24, 2.45) is 0 Å². The van der Waals surface area contributed by atoms with E-state index in [-0.39, 0.29) is 0 Å². The van der Waals surface area contributed by atoms with Crippen LogP contribution in [0.3, 0.4) is 0 Å². The molecule has 0 aliphatic carbocycles. The van der Waals surface area contributed by atoms with Crippen molar-refractivity contribution in [1.82, 2.24) is 15.3 Å². The third-order valence-electron chi connectivity index (χ3n) is 5.37. The summed E-state index contributed by atoms with van der Waals surface area (Å²) in [4.78, 5) is 22.0. The normalized spacial score (nSPS) is 14.9. The van der Waals surface area contributed by atoms with Gasteiger partial charge in [0.05, 0.1) is 5.52 Å². The molecule has 1 aliphatic heterocycles. The summed E-state index contributed by atoms with van der Waals surface area (Å²) in [7, 11) is 0. The maximum atomic E-state index is 10.7. The van der Waals surface area contributed by atoms with Crippen LogP contribution in [-0.2, 0) is 4.79 Å². The lowest BCUT2D eigenvalue weighted by Crippen LogP contribution is -2.43. The van der Waals surface area contributed by atoms with Crippen LogP contribution < -0.4 is 10.2 Å². The molecule has 1 aromatic heterocycles. The quantitative estimate of drug-likeness (QED) is 0.489. The molecule has 2 aromatic carbocycles. The molecule has 3 aromatic rings. The Bertz CT molecular complexity index is 1030. The van der Waals surface area contributed by atoms with Crippen molar-refractivity contribution < 1.29 is 4.79 Å². The van der Waals surface area contributed by atoms with Gasteiger partial charge < -0.3 is 10.2 Å². The largest absolute Gasteiger partial charge is 0.356 e. The average molecular weight is 407 g/mol. The van der Waals surface area contributed by atoms with E-state index in [1.54, 1.807) is 6.33 Å². The van der Waals surface area contributed by atoms with E-state index in [2.05, 4.69) is 26.8 Å². The molecular formula is C23H23ClN4O. The monoisotopic (exact) mass is 406 g/mol. The van der Waals surface area contributed by atoms with Crippen molar-refractivity contribution in [1.29, 1.82) is 0 Å². The van der Waals surface area contributed by atoms with Gasteiger partial charge in [0.25, 0.3) is 0 Å². The lowest BCUT2D eigenvalue weighted by atomic mass is 10.0. The number of halogens is 1. The maximum absolute atomic E-state index is 10.7. The van der Waals surface area contributed by atoms with Gasteiger partial charge in [0.15, 0.2) is 0 Å². The zero-order valence-electron chi connectivity index (χ0n) is 16.1. The van der Waals surface area contributed by atoms with Crippen molar-refractivity contribution in [3.63, 3.8) is 0 Å². The van der Waals surface area contributed by atoms with Gasteiger partial charge >= 0.3 is 0 Å². The fourth-order valence-corrected chi connectivity index (χ4v) is 4.04. The number of aldehydes is 1. The van der Waals surface area contributed by atoms with Gasteiger partial charge in [0.1, 0.15) is 18.4 Å². The number of aromatic nitrogens is 2. The number of rotatable bonds is 6. The Kier molecular flexibility index (Phi) is 5.88. The molecule has 1 saturated heterocycles. The van der Waals surface area contributed by atoms with Crippen LogP contribution >= 0.6 is 11.6 Å². The van der Waals surface area contributed by atoms with Gasteiger partial charge in [-0.2, -0.15) is 0 Å². The summed E-state index contributed by atoms with van der Waals surface area (Å²) in [6.45, 7) is 6.03. The fourth-order valence-electron chi connectivity index (χ4n) is 3.77. The predicted molar refractivity (Wildman–Crippen MR) is 118 cm³/mol. The van der Waals surface area contributed by atoms with E-state index in [1.165, 1.54) is 0 Å². The summed E-state index contributed by atoms with van der Waals surface area (Å²) in [5.74, 6) is 0.923. The molecule has 1 N–H and O–H groups in total. The van der Waals surface area contributed by atoms with Crippen molar-refractivity contribution in [3.05, 3.63) is 66.0 Å². The molecular weight excluding hydrogens is 384 g/mol. The first-order valence-electron chi connectivity index (χ1n) is 9.76. The smallest absolute Gasteiger partial charge is 0.146 e. The zero-order valence-corrected chi connectivity index (χ0v) is 16.9. The van der Waals surface area contributed by atoms with Crippen LogP contribution in [0.15, 0.2) is 60.9 Å². The number of fused-ring (bicyclic) bond motifs is 1. The standard InChI is InChI=1S/C23H23ClN4O/c1-16(14-29)13-25-18-7-9-28(10-8-18)23-20-11-21(24)19(12-22(20)26-15-27-23)17-5-3-2-4-6-17/h2-6,11-12,14-15,18,25H,1,7-10,13H2. The van der Waals surface area contributed by atoms with Crippen molar-refractivity contribution in [3.8, 4) is 11.1 Å². The molecule has 2 heterocycles. The van der Waals surface area contributed by atoms with Crippen LogP contribution in [0.2, 0.25) is 5.02 Å². The minimum absolute atomic E-state index is 0.379. The van der Waals surface area contributed by atoms with Crippen LogP contribution in [0.4, 0.5) is 5.82 Å². The van der Waals surface area contributed by atoms with E-state index in [0.717, 1.165) is 60.1 Å². The molecule has 148 valence electrons. The second-order valence-corrected chi connectivity index (χ2v) is 7.74. The highest BCUT2D eigenvalue weighted by molar-refractivity contribution is 6.34. The van der Waals surface area contributed by atoms with E-state index in [1.807, 2.05) is 42.5 Å². The summed E-state index contributed by atoms with van der Waals surface area (Å²) in [6, 6.07) is 14.5. The SMILES string of the molecule is C=C(C=O)CNC1CCN(c2ncnc3cc(-c4ccccc4)c(Cl)cc23)CC1. The van der Waals surface area contributed by atoms with Gasteiger partial charge in [-0.3, -0.25) is 4.79 Å². The molecule has 0 spiro atoms. The number of benzene rings is 2. The van der Waals surface area contributed by atoms with Gasteiger partial charge in [-0.1, -0.05) is 48.5 Å². The molecule has 0 atom stereocenters. The topological polar surface area (TPSA) is 58.1 Å². The molecule has 29 heavy (non-hydrogen) atoms. The molecule has 0 amide bonds. The molecule has 0 bridgehead atoms. The van der Waals surface area contributed by atoms with Crippen molar-refractivity contribution in [2.75, 3.05) is 24.5 Å². The summed E-state index contributed by atoms with van der Waals surface area (Å²) in [5.41, 5.74) is 3.52. The van der Waals surface area contributed by atoms with E-state index >= 15 is 0 Å². The first kappa shape index (κ1) is 19.6. The van der Waals surface area contributed by atoms with Crippen LogP contribution in [0.25, 0.3) is 22.0 Å². The Morgan fingerprint density at radius 3 is 2.69 bits per heavy atom. The van der Waals surface area contributed by atoms with Gasteiger partial charge in [0, 0.05) is 41.6 Å². The van der Waals surface area contributed by atoms with Crippen molar-refractivity contribution in [2.45, 2.75) is 18.9 Å². The predicted octanol–water partition coefficient (Wildman–Crippen LogP) is 4.26. The summed E-state index contributed by atoms with van der Waals surface area (Å²) < 4.78 is 0. The highest BCUT2D eigenvalue weighted by Crippen LogP contribution is 2.35. The van der Waals surface area contributed by atoms with Crippen LogP contribution in [-0.4, -0.2) is 41.9 Å². The number of hydrogen-bond donors (Lipinski definition) is 1. The lowest BCUT2D eigenvalue weighted by Gasteiger charge is -2.33. The minimum Gasteiger partial charge on any atom is -0.356 e. The first-order valence-corrected chi connectivity index (χ1v) is 10.1. The third kappa shape index (κ3) is 4.31. The number of piperidine rings is 1. The minimum atomic E-state index is 0.379. The van der Waals surface area contributed by atoms with Crippen LogP contribution in [0.1, 0.15) is 12.8 Å². The summed E-state index contributed by atoms with van der Waals surface area (Å²) in [5, 5.41) is 5.07. The molecule has 4 rings (SSSR count). The van der Waals surface area contributed by atoms with Gasteiger partial charge in [-0.05, 0) is 36.1 Å². The Hall–Kier alpha value is -2.76. The maximum Gasteiger partial charge on any atom is 0.146 e. The number of anilines is 1. The second-order valence-electron chi connectivity index (χ2n) is 7.33. The molecule has 1 fully saturated rings. The number of carbonyl (C=O) groups is 1. The summed E-state index contributed by atoms with van der Waals surface area (Å²) >= 11 is 6.64. The Balaban J connectivity index is 1.55. The van der Waals surface area contributed by atoms with Gasteiger partial charge in [0.2, 0.25) is 0 Å². The van der Waals surface area contributed by atoms with E-state index < -0.39 is 0 Å². The zero-order chi connectivity index (χ0) is 20.2. The highest BCUT2D eigenvalue weighted by Gasteiger charge is 2.22. The molecule has 0 unspecified atom stereocenters. The van der Waals surface area contributed by atoms with E-state index in [9.17, 15) is 4.79 Å². The van der Waals surface area contributed by atoms with Crippen LogP contribution in [0.5, 0.6) is 0 Å².